The summed E-state index contributed by atoms with van der Waals surface area (Å²) in [6.45, 7) is -1.23. The molecule has 0 saturated carbocycles. The van der Waals surface area contributed by atoms with Gasteiger partial charge >= 0.3 is 47.0 Å². The molecule has 0 unspecified atom stereocenters. The standard InChI is InChI=1S/C20H20F17N2O2S/c1-39(2,11-12-7-4-3-5-8-12)10-6-9-38-42(40,41)20(36,37)18(31,32)16(27,28)14(23,24)13(21,22)15(25,26)17(29,30)19(33,34)35/h3-5,7-8,38H,6,9-11H2,1-2H3/q+1. The molecule has 0 spiro atoms. The molecule has 0 aliphatic rings. The third-order valence-corrected chi connectivity index (χ3v) is 7.23. The summed E-state index contributed by atoms with van der Waals surface area (Å²) in [5.74, 6) is -51.6. The van der Waals surface area contributed by atoms with Crippen LogP contribution in [-0.2, 0) is 16.6 Å². The van der Waals surface area contributed by atoms with Gasteiger partial charge in [-0.1, -0.05) is 30.3 Å². The minimum absolute atomic E-state index is 0.0333. The molecular weight excluding hydrogens is 655 g/mol. The van der Waals surface area contributed by atoms with Crippen LogP contribution in [0.15, 0.2) is 30.3 Å². The zero-order chi connectivity index (χ0) is 33.6. The summed E-state index contributed by atoms with van der Waals surface area (Å²) in [6.07, 6.45) is -8.41. The van der Waals surface area contributed by atoms with Gasteiger partial charge in [0.25, 0.3) is 10.0 Å². The first-order valence-corrected chi connectivity index (χ1v) is 12.3. The van der Waals surface area contributed by atoms with Crippen LogP contribution in [0.1, 0.15) is 12.0 Å². The molecule has 246 valence electrons. The number of hydrogen-bond acceptors (Lipinski definition) is 2. The van der Waals surface area contributed by atoms with E-state index in [1.54, 1.807) is 30.3 Å². The average Bonchev–Trinajstić information content (AvgIpc) is 2.80. The molecule has 0 radical (unpaired) electrons. The quantitative estimate of drug-likeness (QED) is 0.138. The van der Waals surface area contributed by atoms with E-state index >= 15 is 0 Å². The Balaban J connectivity index is 3.28. The number of nitrogens with one attached hydrogen (secondary N) is 1. The van der Waals surface area contributed by atoms with E-state index < -0.39 is 70.0 Å². The normalized spacial score (nSPS) is 15.7. The smallest absolute Gasteiger partial charge is 0.325 e. The van der Waals surface area contributed by atoms with Crippen molar-refractivity contribution in [3.8, 4) is 0 Å². The van der Waals surface area contributed by atoms with Crippen molar-refractivity contribution in [2.45, 2.75) is 59.9 Å². The van der Waals surface area contributed by atoms with Gasteiger partial charge in [-0.05, 0) is 0 Å². The van der Waals surface area contributed by atoms with Gasteiger partial charge in [0.1, 0.15) is 6.54 Å². The number of hydrogen-bond donors (Lipinski definition) is 1. The second-order valence-corrected chi connectivity index (χ2v) is 11.3. The summed E-state index contributed by atoms with van der Waals surface area (Å²) >= 11 is 0. The highest BCUT2D eigenvalue weighted by molar-refractivity contribution is 7.90. The molecule has 0 fully saturated rings. The van der Waals surface area contributed by atoms with Gasteiger partial charge in [0.2, 0.25) is 0 Å². The summed E-state index contributed by atoms with van der Waals surface area (Å²) in [5, 5.41) is -7.56. The van der Waals surface area contributed by atoms with Crippen LogP contribution in [0.5, 0.6) is 0 Å². The van der Waals surface area contributed by atoms with Gasteiger partial charge in [-0.3, -0.25) is 0 Å². The number of quaternary nitrogens is 1. The van der Waals surface area contributed by atoms with Crippen molar-refractivity contribution < 1.29 is 87.5 Å². The molecule has 0 heterocycles. The first kappa shape index (κ1) is 37.9. The van der Waals surface area contributed by atoms with Crippen molar-refractivity contribution in [3.63, 3.8) is 0 Å². The zero-order valence-electron chi connectivity index (χ0n) is 20.8. The lowest BCUT2D eigenvalue weighted by Crippen LogP contribution is -2.75. The molecule has 0 aromatic heterocycles. The lowest BCUT2D eigenvalue weighted by molar-refractivity contribution is -0.903. The largest absolute Gasteiger partial charge is 0.460 e. The maximum absolute atomic E-state index is 14.1. The number of halogens is 17. The molecule has 1 aromatic rings. The fourth-order valence-corrected chi connectivity index (χ4v) is 4.34. The van der Waals surface area contributed by atoms with Crippen LogP contribution in [0.25, 0.3) is 0 Å². The number of alkyl halides is 17. The van der Waals surface area contributed by atoms with Crippen LogP contribution >= 0.6 is 0 Å². The molecule has 22 heteroatoms. The van der Waals surface area contributed by atoms with Crippen molar-refractivity contribution in [1.29, 1.82) is 0 Å². The van der Waals surface area contributed by atoms with E-state index in [0.717, 1.165) is 0 Å². The third-order valence-electron chi connectivity index (χ3n) is 5.72. The van der Waals surface area contributed by atoms with E-state index in [2.05, 4.69) is 0 Å². The summed E-state index contributed by atoms with van der Waals surface area (Å²) in [7, 11) is -4.27. The molecule has 42 heavy (non-hydrogen) atoms. The monoisotopic (exact) mass is 675 g/mol. The molecular formula is C20H20F17N2O2S+. The fourth-order valence-electron chi connectivity index (χ4n) is 3.28. The van der Waals surface area contributed by atoms with E-state index in [4.69, 9.17) is 0 Å². The molecule has 0 bridgehead atoms. The van der Waals surface area contributed by atoms with Crippen LogP contribution in [0.4, 0.5) is 74.6 Å². The predicted octanol–water partition coefficient (Wildman–Crippen LogP) is 6.54. The molecule has 4 nitrogen and oxygen atoms in total. The number of nitrogens with zero attached hydrogens (tertiary/aromatic N) is 1. The van der Waals surface area contributed by atoms with Gasteiger partial charge in [0.05, 0.1) is 20.6 Å². The number of benzene rings is 1. The molecule has 1 aromatic carbocycles. The highest BCUT2D eigenvalue weighted by Crippen LogP contribution is 2.64. The Morgan fingerprint density at radius 3 is 1.40 bits per heavy atom. The van der Waals surface area contributed by atoms with Gasteiger partial charge in [-0.25, -0.2) is 13.1 Å². The van der Waals surface area contributed by atoms with Crippen LogP contribution in [0.2, 0.25) is 0 Å². The highest BCUT2D eigenvalue weighted by atomic mass is 32.2. The lowest BCUT2D eigenvalue weighted by atomic mass is 9.91. The van der Waals surface area contributed by atoms with Gasteiger partial charge in [0, 0.05) is 18.5 Å². The fraction of sp³-hybridized carbons (Fsp3) is 0.700. The van der Waals surface area contributed by atoms with E-state index in [1.807, 2.05) is 0 Å². The third kappa shape index (κ3) is 6.11. The summed E-state index contributed by atoms with van der Waals surface area (Å²) < 4.78 is 251. The number of sulfonamides is 1. The molecule has 0 saturated heterocycles. The van der Waals surface area contributed by atoms with Crippen molar-refractivity contribution in [2.75, 3.05) is 27.2 Å². The van der Waals surface area contributed by atoms with Crippen molar-refractivity contribution >= 4 is 10.0 Å². The Kier molecular flexibility index (Phi) is 10.0. The van der Waals surface area contributed by atoms with Crippen LogP contribution in [-0.4, -0.2) is 87.1 Å². The minimum Gasteiger partial charge on any atom is -0.325 e. The van der Waals surface area contributed by atoms with E-state index in [0.29, 0.717) is 10.3 Å². The summed E-state index contributed by atoms with van der Waals surface area (Å²) in [5.41, 5.74) is 0.702. The Bertz CT molecular complexity index is 1180. The Morgan fingerprint density at radius 1 is 0.619 bits per heavy atom. The minimum atomic E-state index is -8.85. The van der Waals surface area contributed by atoms with Crippen molar-refractivity contribution in [2.24, 2.45) is 0 Å². The maximum Gasteiger partial charge on any atom is 0.460 e. The summed E-state index contributed by atoms with van der Waals surface area (Å²) in [6, 6.07) is 8.20. The Hall–Kier alpha value is -2.10. The molecule has 1 rings (SSSR count). The first-order valence-electron chi connectivity index (χ1n) is 10.8. The van der Waals surface area contributed by atoms with Crippen molar-refractivity contribution in [3.05, 3.63) is 35.9 Å². The van der Waals surface area contributed by atoms with E-state index in [9.17, 15) is 83.1 Å². The van der Waals surface area contributed by atoms with Crippen molar-refractivity contribution in [1.82, 2.24) is 4.72 Å². The van der Waals surface area contributed by atoms with Crippen LogP contribution in [0, 0.1) is 0 Å². The molecule has 0 aliphatic carbocycles. The van der Waals surface area contributed by atoms with Gasteiger partial charge in [-0.15, -0.1) is 0 Å². The molecule has 1 N–H and O–H groups in total. The SMILES string of the molecule is C[N+](C)(CCCNS(=O)(=O)C(F)(F)C(F)(F)C(F)(F)C(F)(F)C(F)(F)C(F)(F)C(F)(F)C(F)(F)F)Cc1ccccc1. The molecule has 0 aliphatic heterocycles. The van der Waals surface area contributed by atoms with E-state index in [1.165, 1.54) is 14.1 Å². The first-order chi connectivity index (χ1) is 18.3. The van der Waals surface area contributed by atoms with Crippen LogP contribution in [0.3, 0.4) is 0 Å². The predicted molar refractivity (Wildman–Crippen MR) is 109 cm³/mol. The average molecular weight is 675 g/mol. The Labute approximate surface area is 226 Å². The topological polar surface area (TPSA) is 46.2 Å². The van der Waals surface area contributed by atoms with Gasteiger partial charge in [0.15, 0.2) is 0 Å². The summed E-state index contributed by atoms with van der Waals surface area (Å²) in [4.78, 5) is 0. The molecule has 0 amide bonds. The highest BCUT2D eigenvalue weighted by Gasteiger charge is 2.96. The van der Waals surface area contributed by atoms with Gasteiger partial charge < -0.3 is 4.48 Å². The second kappa shape index (κ2) is 11.1. The second-order valence-electron chi connectivity index (χ2n) is 9.52. The lowest BCUT2D eigenvalue weighted by Gasteiger charge is -2.42. The molecule has 0 atom stereocenters. The zero-order valence-corrected chi connectivity index (χ0v) is 21.6. The Morgan fingerprint density at radius 2 is 1.00 bits per heavy atom. The maximum atomic E-state index is 14.1. The van der Waals surface area contributed by atoms with E-state index in [-0.39, 0.29) is 17.6 Å². The number of rotatable bonds is 14. The van der Waals surface area contributed by atoms with Gasteiger partial charge in [-0.2, -0.15) is 74.6 Å². The van der Waals surface area contributed by atoms with Crippen LogP contribution < -0.4 is 4.72 Å².